The molecule has 0 N–H and O–H groups in total. The molecule has 0 radical (unpaired) electrons. The first-order chi connectivity index (χ1) is 10.7. The van der Waals surface area contributed by atoms with Gasteiger partial charge in [0, 0.05) is 23.7 Å². The minimum Gasteiger partial charge on any atom is -0.485 e. The van der Waals surface area contributed by atoms with Gasteiger partial charge in [-0.2, -0.15) is 8.78 Å². The van der Waals surface area contributed by atoms with Crippen molar-refractivity contribution in [2.75, 3.05) is 0 Å². The minimum atomic E-state index is -2.27. The summed E-state index contributed by atoms with van der Waals surface area (Å²) in [5.74, 6) is -0.671. The molecule has 0 saturated carbocycles. The fraction of sp³-hybridized carbons (Fsp3) is 0.438. The van der Waals surface area contributed by atoms with Crippen molar-refractivity contribution in [1.29, 1.82) is 0 Å². The fourth-order valence-electron chi connectivity index (χ4n) is 2.37. The molecule has 0 spiro atoms. The van der Waals surface area contributed by atoms with E-state index in [9.17, 15) is 13.2 Å². The molecule has 0 fully saturated rings. The minimum absolute atomic E-state index is 0.280. The number of ether oxygens (including phenoxy) is 1. The quantitative estimate of drug-likeness (QED) is 0.409. The van der Waals surface area contributed by atoms with Crippen molar-refractivity contribution in [2.24, 2.45) is 4.99 Å². The van der Waals surface area contributed by atoms with E-state index in [1.165, 1.54) is 0 Å². The third-order valence-corrected chi connectivity index (χ3v) is 4.55. The molecular weight excluding hydrogens is 343 g/mol. The van der Waals surface area contributed by atoms with E-state index in [1.54, 1.807) is 6.92 Å². The number of benzene rings is 1. The van der Waals surface area contributed by atoms with Gasteiger partial charge < -0.3 is 4.74 Å². The van der Waals surface area contributed by atoms with Gasteiger partial charge in [0.05, 0.1) is 0 Å². The number of thiol groups is 1. The van der Waals surface area contributed by atoms with E-state index >= 15 is 0 Å². The Hall–Kier alpha value is -1.08. The first-order valence-electron chi connectivity index (χ1n) is 7.13. The van der Waals surface area contributed by atoms with Gasteiger partial charge in [-0.3, -0.25) is 0 Å². The predicted octanol–water partition coefficient (Wildman–Crippen LogP) is 5.91. The van der Waals surface area contributed by atoms with Crippen LogP contribution < -0.4 is 4.74 Å². The lowest BCUT2D eigenvalue weighted by molar-refractivity contribution is 0.139. The number of allylic oxidation sites excluding steroid dienone is 1. The molecule has 1 aromatic rings. The number of thioether (sulfide) groups is 1. The Kier molecular flexibility index (Phi) is 5.73. The van der Waals surface area contributed by atoms with Gasteiger partial charge in [-0.05, 0) is 19.9 Å². The Bertz CT molecular complexity index is 655. The molecule has 1 aliphatic rings. The van der Waals surface area contributed by atoms with Gasteiger partial charge in [-0.1, -0.05) is 30.8 Å². The Morgan fingerprint density at radius 2 is 2.09 bits per heavy atom. The lowest BCUT2D eigenvalue weighted by atomic mass is 10.0. The Morgan fingerprint density at radius 3 is 2.74 bits per heavy atom. The molecule has 2 rings (SSSR count). The SMILES string of the molecule is CC(CC(F)=C(F)F)SC(S)=Nc1cccc2c1OC(C)(C)C2. The van der Waals surface area contributed by atoms with Crippen LogP contribution in [0.3, 0.4) is 0 Å². The summed E-state index contributed by atoms with van der Waals surface area (Å²) in [7, 11) is 0. The molecule has 1 atom stereocenters. The van der Waals surface area contributed by atoms with Crippen molar-refractivity contribution < 1.29 is 17.9 Å². The maximum Gasteiger partial charge on any atom is 0.301 e. The second-order valence-electron chi connectivity index (χ2n) is 6.00. The highest BCUT2D eigenvalue weighted by Gasteiger charge is 2.31. The van der Waals surface area contributed by atoms with Crippen molar-refractivity contribution in [2.45, 2.75) is 44.5 Å². The van der Waals surface area contributed by atoms with E-state index in [-0.39, 0.29) is 12.0 Å². The third-order valence-electron chi connectivity index (χ3n) is 3.26. The van der Waals surface area contributed by atoms with Crippen molar-refractivity contribution in [3.63, 3.8) is 0 Å². The zero-order valence-corrected chi connectivity index (χ0v) is 14.8. The summed E-state index contributed by atoms with van der Waals surface area (Å²) in [5.41, 5.74) is 1.44. The number of hydrogen-bond acceptors (Lipinski definition) is 3. The molecule has 126 valence electrons. The molecule has 1 unspecified atom stereocenters. The molecule has 0 aliphatic carbocycles. The molecular formula is C16H18F3NOS2. The van der Waals surface area contributed by atoms with E-state index in [1.807, 2.05) is 32.0 Å². The van der Waals surface area contributed by atoms with Gasteiger partial charge in [0.1, 0.15) is 21.4 Å². The second-order valence-corrected chi connectivity index (χ2v) is 8.15. The zero-order valence-electron chi connectivity index (χ0n) is 13.1. The maximum atomic E-state index is 13.0. The number of hydrogen-bond donors (Lipinski definition) is 1. The Labute approximate surface area is 143 Å². The number of rotatable bonds is 4. The summed E-state index contributed by atoms with van der Waals surface area (Å²) < 4.78 is 43.5. The van der Waals surface area contributed by atoms with Gasteiger partial charge >= 0.3 is 6.08 Å². The number of nitrogens with zero attached hydrogens (tertiary/aromatic N) is 1. The first-order valence-corrected chi connectivity index (χ1v) is 8.45. The number of halogens is 3. The average Bonchev–Trinajstić information content (AvgIpc) is 2.73. The number of para-hydroxylation sites is 1. The van der Waals surface area contributed by atoms with Crippen LogP contribution in [0, 0.1) is 0 Å². The highest BCUT2D eigenvalue weighted by Crippen LogP contribution is 2.42. The van der Waals surface area contributed by atoms with Crippen LogP contribution in [0.1, 0.15) is 32.8 Å². The number of fused-ring (bicyclic) bond motifs is 1. The summed E-state index contributed by atoms with van der Waals surface area (Å²) in [6.45, 7) is 5.65. The molecule has 0 amide bonds. The smallest absolute Gasteiger partial charge is 0.301 e. The highest BCUT2D eigenvalue weighted by molar-refractivity contribution is 8.32. The van der Waals surface area contributed by atoms with Crippen molar-refractivity contribution in [3.05, 3.63) is 35.7 Å². The molecule has 0 saturated heterocycles. The van der Waals surface area contributed by atoms with Crippen molar-refractivity contribution in [3.8, 4) is 5.75 Å². The molecule has 7 heteroatoms. The highest BCUT2D eigenvalue weighted by atomic mass is 32.2. The molecule has 23 heavy (non-hydrogen) atoms. The summed E-state index contributed by atoms with van der Waals surface area (Å²) in [4.78, 5) is 4.38. The van der Waals surface area contributed by atoms with Crippen LogP contribution in [0.4, 0.5) is 18.9 Å². The molecule has 1 heterocycles. The average molecular weight is 361 g/mol. The van der Waals surface area contributed by atoms with Gasteiger partial charge in [0.15, 0.2) is 5.83 Å². The normalized spacial score (nSPS) is 17.4. The molecule has 2 nitrogen and oxygen atoms in total. The van der Waals surface area contributed by atoms with Crippen LogP contribution in [-0.4, -0.2) is 15.2 Å². The van der Waals surface area contributed by atoms with Gasteiger partial charge in [0.25, 0.3) is 0 Å². The number of aliphatic imine (C=N–C) groups is 1. The van der Waals surface area contributed by atoms with Crippen LogP contribution in [0.15, 0.2) is 35.1 Å². The van der Waals surface area contributed by atoms with E-state index in [0.717, 1.165) is 29.5 Å². The summed E-state index contributed by atoms with van der Waals surface area (Å²) in [5, 5.41) is -0.401. The van der Waals surface area contributed by atoms with Crippen molar-refractivity contribution >= 4 is 34.5 Å². The maximum absolute atomic E-state index is 13.0. The summed E-state index contributed by atoms with van der Waals surface area (Å²) in [6.07, 6.45) is -1.84. The predicted molar refractivity (Wildman–Crippen MR) is 93.0 cm³/mol. The fourth-order valence-corrected chi connectivity index (χ4v) is 3.76. The van der Waals surface area contributed by atoms with Gasteiger partial charge in [-0.15, -0.1) is 12.6 Å². The third kappa shape index (κ3) is 4.94. The van der Waals surface area contributed by atoms with Crippen LogP contribution >= 0.6 is 24.4 Å². The molecule has 1 aliphatic heterocycles. The van der Waals surface area contributed by atoms with Gasteiger partial charge in [0.2, 0.25) is 0 Å². The monoisotopic (exact) mass is 361 g/mol. The first kappa shape index (κ1) is 18.3. The van der Waals surface area contributed by atoms with Gasteiger partial charge in [-0.25, -0.2) is 9.38 Å². The van der Waals surface area contributed by atoms with E-state index < -0.39 is 17.2 Å². The van der Waals surface area contributed by atoms with E-state index in [2.05, 4.69) is 17.6 Å². The Balaban J connectivity index is 2.11. The van der Waals surface area contributed by atoms with Crippen LogP contribution in [0.2, 0.25) is 0 Å². The molecule has 1 aromatic carbocycles. The van der Waals surface area contributed by atoms with Crippen LogP contribution in [0.5, 0.6) is 5.75 Å². The van der Waals surface area contributed by atoms with E-state index in [4.69, 9.17) is 4.74 Å². The van der Waals surface area contributed by atoms with E-state index in [0.29, 0.717) is 10.1 Å². The van der Waals surface area contributed by atoms with Crippen molar-refractivity contribution in [1.82, 2.24) is 0 Å². The molecule has 0 aromatic heterocycles. The largest absolute Gasteiger partial charge is 0.485 e. The summed E-state index contributed by atoms with van der Waals surface area (Å²) in [6, 6.07) is 5.68. The summed E-state index contributed by atoms with van der Waals surface area (Å²) >= 11 is 5.41. The van der Waals surface area contributed by atoms with Crippen LogP contribution in [-0.2, 0) is 6.42 Å². The zero-order chi connectivity index (χ0) is 17.2. The lowest BCUT2D eigenvalue weighted by Crippen LogP contribution is -2.24. The van der Waals surface area contributed by atoms with Crippen LogP contribution in [0.25, 0.3) is 0 Å². The lowest BCUT2D eigenvalue weighted by Gasteiger charge is -2.17. The molecule has 0 bridgehead atoms. The standard InChI is InChI=1S/C16H18F3NOS2/c1-9(7-11(17)14(18)19)23-15(22)20-12-6-4-5-10-8-16(2,3)21-13(10)12/h4-6,9H,7-8H2,1-3H3,(H,20,22). The Morgan fingerprint density at radius 1 is 1.39 bits per heavy atom. The topological polar surface area (TPSA) is 21.6 Å². The second kappa shape index (κ2) is 7.21.